The Bertz CT molecular complexity index is 685. The van der Waals surface area contributed by atoms with E-state index in [1.54, 1.807) is 19.2 Å². The largest absolute Gasteiger partial charge is 0.376 e. The van der Waals surface area contributed by atoms with Gasteiger partial charge in [0.05, 0.1) is 17.0 Å². The number of amides is 1. The first-order valence-electron chi connectivity index (χ1n) is 6.01. The molecule has 0 aliphatic carbocycles. The summed E-state index contributed by atoms with van der Waals surface area (Å²) >= 11 is 0. The first kappa shape index (κ1) is 13.7. The number of nitrogens with one attached hydrogen (secondary N) is 2. The average molecular weight is 274 g/mol. The van der Waals surface area contributed by atoms with Crippen molar-refractivity contribution >= 4 is 28.2 Å². The molecule has 0 radical (unpaired) electrons. The van der Waals surface area contributed by atoms with Gasteiger partial charge in [0.15, 0.2) is 0 Å². The van der Waals surface area contributed by atoms with Crippen molar-refractivity contribution in [1.29, 1.82) is 0 Å². The fraction of sp³-hybridized carbons (Fsp3) is 0.231. The number of non-ortho nitro benzene ring substituents is 1. The molecule has 1 aromatic heterocycles. The molecule has 1 amide bonds. The minimum atomic E-state index is -0.457. The molecule has 0 aliphatic heterocycles. The van der Waals surface area contributed by atoms with Crippen LogP contribution >= 0.6 is 0 Å². The third-order valence-corrected chi connectivity index (χ3v) is 2.85. The predicted molar refractivity (Wildman–Crippen MR) is 75.7 cm³/mol. The molecule has 2 rings (SSSR count). The number of nitro groups is 1. The van der Waals surface area contributed by atoms with Crippen LogP contribution in [0, 0.1) is 17.0 Å². The van der Waals surface area contributed by atoms with Crippen LogP contribution in [0.25, 0.3) is 10.9 Å². The van der Waals surface area contributed by atoms with Crippen LogP contribution in [0.4, 0.5) is 11.4 Å². The normalized spacial score (nSPS) is 10.3. The van der Waals surface area contributed by atoms with Crippen LogP contribution in [0.1, 0.15) is 5.69 Å². The maximum absolute atomic E-state index is 11.3. The van der Waals surface area contributed by atoms with Gasteiger partial charge in [-0.15, -0.1) is 0 Å². The molecule has 0 spiro atoms. The number of carbonyl (C=O) groups excluding carboxylic acids is 1. The van der Waals surface area contributed by atoms with Crippen LogP contribution in [0.3, 0.4) is 0 Å². The van der Waals surface area contributed by atoms with Gasteiger partial charge in [-0.25, -0.2) is 0 Å². The molecule has 2 N–H and O–H groups in total. The lowest BCUT2D eigenvalue weighted by molar-refractivity contribution is -0.384. The second-order valence-electron chi connectivity index (χ2n) is 4.30. The molecule has 2 aromatic rings. The maximum atomic E-state index is 11.3. The van der Waals surface area contributed by atoms with Crippen LogP contribution < -0.4 is 10.6 Å². The van der Waals surface area contributed by atoms with Gasteiger partial charge in [-0.1, -0.05) is 0 Å². The van der Waals surface area contributed by atoms with Gasteiger partial charge >= 0.3 is 0 Å². The van der Waals surface area contributed by atoms with E-state index in [4.69, 9.17) is 0 Å². The lowest BCUT2D eigenvalue weighted by atomic mass is 10.1. The van der Waals surface area contributed by atoms with Crippen molar-refractivity contribution in [3.8, 4) is 0 Å². The molecule has 0 aliphatic rings. The monoisotopic (exact) mass is 274 g/mol. The first-order chi connectivity index (χ1) is 9.51. The molecule has 7 heteroatoms. The van der Waals surface area contributed by atoms with Gasteiger partial charge in [-0.3, -0.25) is 19.9 Å². The van der Waals surface area contributed by atoms with E-state index in [2.05, 4.69) is 15.6 Å². The summed E-state index contributed by atoms with van der Waals surface area (Å²) in [6.07, 6.45) is 0. The van der Waals surface area contributed by atoms with Crippen LogP contribution in [-0.2, 0) is 4.79 Å². The number of benzene rings is 1. The summed E-state index contributed by atoms with van der Waals surface area (Å²) in [5, 5.41) is 16.9. The highest BCUT2D eigenvalue weighted by atomic mass is 16.6. The van der Waals surface area contributed by atoms with E-state index in [0.29, 0.717) is 16.6 Å². The van der Waals surface area contributed by atoms with Gasteiger partial charge in [-0.2, -0.15) is 0 Å². The second-order valence-corrected chi connectivity index (χ2v) is 4.30. The molecule has 20 heavy (non-hydrogen) atoms. The third kappa shape index (κ3) is 2.82. The lowest BCUT2D eigenvalue weighted by Gasteiger charge is -2.10. The van der Waals surface area contributed by atoms with Crippen molar-refractivity contribution in [2.75, 3.05) is 18.9 Å². The summed E-state index contributed by atoms with van der Waals surface area (Å²) < 4.78 is 0. The summed E-state index contributed by atoms with van der Waals surface area (Å²) in [5.41, 5.74) is 2.06. The number of rotatable bonds is 4. The van der Waals surface area contributed by atoms with E-state index >= 15 is 0 Å². The number of nitrogens with zero attached hydrogens (tertiary/aromatic N) is 2. The Balaban J connectivity index is 2.47. The van der Waals surface area contributed by atoms with Crippen molar-refractivity contribution < 1.29 is 9.72 Å². The van der Waals surface area contributed by atoms with E-state index in [1.165, 1.54) is 12.1 Å². The van der Waals surface area contributed by atoms with Crippen molar-refractivity contribution in [3.05, 3.63) is 40.1 Å². The Kier molecular flexibility index (Phi) is 3.79. The highest BCUT2D eigenvalue weighted by Crippen LogP contribution is 2.27. The zero-order valence-corrected chi connectivity index (χ0v) is 11.1. The van der Waals surface area contributed by atoms with Crippen molar-refractivity contribution in [2.45, 2.75) is 6.92 Å². The Hall–Kier alpha value is -2.70. The molecular weight excluding hydrogens is 260 g/mol. The number of carbonyl (C=O) groups is 1. The predicted octanol–water partition coefficient (Wildman–Crippen LogP) is 1.61. The Morgan fingerprint density at radius 1 is 1.40 bits per heavy atom. The summed E-state index contributed by atoms with van der Waals surface area (Å²) in [6, 6.07) is 6.23. The summed E-state index contributed by atoms with van der Waals surface area (Å²) in [5.74, 6) is -0.168. The Morgan fingerprint density at radius 2 is 2.15 bits per heavy atom. The maximum Gasteiger partial charge on any atom is 0.270 e. The minimum absolute atomic E-state index is 0.00820. The Morgan fingerprint density at radius 3 is 2.80 bits per heavy atom. The zero-order valence-electron chi connectivity index (χ0n) is 11.1. The van der Waals surface area contributed by atoms with E-state index in [1.807, 2.05) is 6.92 Å². The van der Waals surface area contributed by atoms with Crippen molar-refractivity contribution in [1.82, 2.24) is 10.3 Å². The number of fused-ring (bicyclic) bond motifs is 1. The van der Waals surface area contributed by atoms with Crippen LogP contribution in [0.15, 0.2) is 24.3 Å². The molecule has 7 nitrogen and oxygen atoms in total. The van der Waals surface area contributed by atoms with E-state index < -0.39 is 4.92 Å². The van der Waals surface area contributed by atoms with Gasteiger partial charge in [0.2, 0.25) is 5.91 Å². The van der Waals surface area contributed by atoms with Crippen LogP contribution in [0.2, 0.25) is 0 Å². The smallest absolute Gasteiger partial charge is 0.270 e. The molecule has 1 aromatic carbocycles. The number of hydrogen-bond donors (Lipinski definition) is 2. The molecule has 0 saturated carbocycles. The number of nitro benzene ring substituents is 1. The number of pyridine rings is 1. The first-order valence-corrected chi connectivity index (χ1v) is 6.01. The molecule has 0 saturated heterocycles. The second kappa shape index (κ2) is 5.52. The minimum Gasteiger partial charge on any atom is -0.376 e. The summed E-state index contributed by atoms with van der Waals surface area (Å²) in [7, 11) is 1.55. The van der Waals surface area contributed by atoms with E-state index in [9.17, 15) is 14.9 Å². The molecular formula is C13H14N4O3. The van der Waals surface area contributed by atoms with E-state index in [-0.39, 0.29) is 18.1 Å². The number of likely N-dealkylation sites (N-methyl/N-ethyl adjacent to an activating group) is 1. The topological polar surface area (TPSA) is 97.2 Å². The van der Waals surface area contributed by atoms with Crippen molar-refractivity contribution in [3.63, 3.8) is 0 Å². The molecule has 104 valence electrons. The van der Waals surface area contributed by atoms with Crippen LogP contribution in [-0.4, -0.2) is 29.4 Å². The number of hydrogen-bond acceptors (Lipinski definition) is 5. The van der Waals surface area contributed by atoms with E-state index in [0.717, 1.165) is 5.69 Å². The van der Waals surface area contributed by atoms with Gasteiger partial charge in [0.1, 0.15) is 0 Å². The van der Waals surface area contributed by atoms with Gasteiger partial charge < -0.3 is 10.6 Å². The quantitative estimate of drug-likeness (QED) is 0.652. The fourth-order valence-electron chi connectivity index (χ4n) is 1.87. The fourth-order valence-corrected chi connectivity index (χ4v) is 1.87. The van der Waals surface area contributed by atoms with Gasteiger partial charge in [0.25, 0.3) is 5.69 Å². The molecule has 1 heterocycles. The Labute approximate surface area is 115 Å². The summed E-state index contributed by atoms with van der Waals surface area (Å²) in [4.78, 5) is 26.0. The number of aromatic nitrogens is 1. The number of aryl methyl sites for hydroxylation is 1. The molecule has 0 fully saturated rings. The zero-order chi connectivity index (χ0) is 14.7. The van der Waals surface area contributed by atoms with Gasteiger partial charge in [0, 0.05) is 35.9 Å². The number of anilines is 1. The lowest BCUT2D eigenvalue weighted by Crippen LogP contribution is -2.26. The highest BCUT2D eigenvalue weighted by Gasteiger charge is 2.11. The highest BCUT2D eigenvalue weighted by molar-refractivity contribution is 5.94. The summed E-state index contributed by atoms with van der Waals surface area (Å²) in [6.45, 7) is 1.92. The molecule has 0 bridgehead atoms. The van der Waals surface area contributed by atoms with Crippen LogP contribution in [0.5, 0.6) is 0 Å². The third-order valence-electron chi connectivity index (χ3n) is 2.85. The average Bonchev–Trinajstić information content (AvgIpc) is 2.43. The van der Waals surface area contributed by atoms with Gasteiger partial charge in [-0.05, 0) is 19.1 Å². The van der Waals surface area contributed by atoms with Crippen molar-refractivity contribution in [2.24, 2.45) is 0 Å². The SMILES string of the molecule is CNC(=O)CNc1cc(C)nc2ccc([N+](=O)[O-])cc12. The standard InChI is InChI=1S/C13H14N4O3/c1-8-5-12(15-7-13(18)14-2)10-6-9(17(19)20)3-4-11(10)16-8/h3-6H,7H2,1-2H3,(H,14,18)(H,15,16). The molecule has 0 unspecified atom stereocenters. The molecule has 0 atom stereocenters.